The lowest BCUT2D eigenvalue weighted by Gasteiger charge is -2.22. The van der Waals surface area contributed by atoms with Crippen molar-refractivity contribution in [2.24, 2.45) is 5.92 Å². The van der Waals surface area contributed by atoms with Crippen LogP contribution in [-0.4, -0.2) is 25.2 Å². The van der Waals surface area contributed by atoms with Crippen molar-refractivity contribution in [1.82, 2.24) is 5.32 Å². The Labute approximate surface area is 98.9 Å². The van der Waals surface area contributed by atoms with E-state index in [1.54, 1.807) is 14.0 Å². The summed E-state index contributed by atoms with van der Waals surface area (Å²) in [6.07, 6.45) is 7.10. The summed E-state index contributed by atoms with van der Waals surface area (Å²) < 4.78 is 5.03. The van der Waals surface area contributed by atoms with Gasteiger partial charge in [-0.3, -0.25) is 4.79 Å². The molecule has 94 valence electrons. The second-order valence-electron chi connectivity index (χ2n) is 4.83. The van der Waals surface area contributed by atoms with E-state index in [1.165, 1.54) is 32.1 Å². The summed E-state index contributed by atoms with van der Waals surface area (Å²) in [6.45, 7) is 4.01. The van der Waals surface area contributed by atoms with E-state index in [4.69, 9.17) is 4.74 Å². The van der Waals surface area contributed by atoms with E-state index in [1.807, 2.05) is 0 Å². The molecule has 3 atom stereocenters. The van der Waals surface area contributed by atoms with Crippen LogP contribution in [0.4, 0.5) is 0 Å². The number of amides is 1. The molecule has 1 saturated carbocycles. The molecule has 1 fully saturated rings. The van der Waals surface area contributed by atoms with Crippen LogP contribution in [0.1, 0.15) is 52.4 Å². The number of carbonyl (C=O) groups is 1. The largest absolute Gasteiger partial charge is 0.372 e. The van der Waals surface area contributed by atoms with Crippen molar-refractivity contribution in [1.29, 1.82) is 0 Å². The molecular formula is C13H25NO2. The Balaban J connectivity index is 2.37. The zero-order chi connectivity index (χ0) is 12.0. The molecule has 0 spiro atoms. The fourth-order valence-electron chi connectivity index (χ4n) is 2.45. The zero-order valence-electron chi connectivity index (χ0n) is 10.8. The van der Waals surface area contributed by atoms with Gasteiger partial charge in [0.05, 0.1) is 0 Å². The molecule has 0 saturated heterocycles. The van der Waals surface area contributed by atoms with Gasteiger partial charge in [-0.1, -0.05) is 26.2 Å². The van der Waals surface area contributed by atoms with Gasteiger partial charge in [0.25, 0.3) is 0 Å². The van der Waals surface area contributed by atoms with Crippen LogP contribution in [0.2, 0.25) is 0 Å². The molecule has 1 amide bonds. The van der Waals surface area contributed by atoms with Crippen LogP contribution in [0.3, 0.4) is 0 Å². The highest BCUT2D eigenvalue weighted by Crippen LogP contribution is 2.29. The van der Waals surface area contributed by atoms with Gasteiger partial charge in [0, 0.05) is 13.2 Å². The highest BCUT2D eigenvalue weighted by atomic mass is 16.5. The third-order valence-corrected chi connectivity index (χ3v) is 3.64. The Morgan fingerprint density at radius 3 is 2.88 bits per heavy atom. The van der Waals surface area contributed by atoms with Crippen LogP contribution in [0.5, 0.6) is 0 Å². The highest BCUT2D eigenvalue weighted by Gasteiger charge is 2.28. The minimum Gasteiger partial charge on any atom is -0.372 e. The van der Waals surface area contributed by atoms with E-state index in [9.17, 15) is 4.79 Å². The van der Waals surface area contributed by atoms with Crippen molar-refractivity contribution in [2.45, 2.75) is 64.5 Å². The van der Waals surface area contributed by atoms with Gasteiger partial charge in [0.1, 0.15) is 6.10 Å². The van der Waals surface area contributed by atoms with Gasteiger partial charge >= 0.3 is 0 Å². The molecular weight excluding hydrogens is 202 g/mol. The lowest BCUT2D eigenvalue weighted by atomic mass is 9.96. The molecule has 0 unspecified atom stereocenters. The number of hydrogen-bond donors (Lipinski definition) is 1. The molecule has 0 aliphatic heterocycles. The summed E-state index contributed by atoms with van der Waals surface area (Å²) in [4.78, 5) is 11.7. The monoisotopic (exact) mass is 227 g/mol. The average molecular weight is 227 g/mol. The van der Waals surface area contributed by atoms with Crippen LogP contribution in [0, 0.1) is 5.92 Å². The van der Waals surface area contributed by atoms with Gasteiger partial charge in [-0.15, -0.1) is 0 Å². The van der Waals surface area contributed by atoms with E-state index in [0.717, 1.165) is 6.42 Å². The third-order valence-electron chi connectivity index (χ3n) is 3.64. The number of methoxy groups -OCH3 is 1. The predicted molar refractivity (Wildman–Crippen MR) is 65.3 cm³/mol. The Kier molecular flexibility index (Phi) is 5.81. The molecule has 0 bridgehead atoms. The molecule has 16 heavy (non-hydrogen) atoms. The summed E-state index contributed by atoms with van der Waals surface area (Å²) in [6, 6.07) is 0.386. The average Bonchev–Trinajstić information content (AvgIpc) is 2.72. The Morgan fingerprint density at radius 1 is 1.50 bits per heavy atom. The quantitative estimate of drug-likeness (QED) is 0.757. The lowest BCUT2D eigenvalue weighted by molar-refractivity contribution is -0.131. The first kappa shape index (κ1) is 13.5. The van der Waals surface area contributed by atoms with Gasteiger partial charge in [-0.2, -0.15) is 0 Å². The van der Waals surface area contributed by atoms with Crippen LogP contribution in [0.25, 0.3) is 0 Å². The van der Waals surface area contributed by atoms with Crippen LogP contribution < -0.4 is 5.32 Å². The minimum absolute atomic E-state index is 0.0379. The van der Waals surface area contributed by atoms with Crippen molar-refractivity contribution < 1.29 is 9.53 Å². The van der Waals surface area contributed by atoms with Crippen molar-refractivity contribution >= 4 is 5.91 Å². The first-order valence-electron chi connectivity index (χ1n) is 6.52. The van der Waals surface area contributed by atoms with Crippen molar-refractivity contribution in [3.63, 3.8) is 0 Å². The third kappa shape index (κ3) is 3.78. The first-order chi connectivity index (χ1) is 7.69. The summed E-state index contributed by atoms with van der Waals surface area (Å²) in [5.41, 5.74) is 0. The van der Waals surface area contributed by atoms with Gasteiger partial charge in [0.15, 0.2) is 0 Å². The number of ether oxygens (including phenoxy) is 1. The van der Waals surface area contributed by atoms with Gasteiger partial charge < -0.3 is 10.1 Å². The molecule has 0 aromatic carbocycles. The van der Waals surface area contributed by atoms with Gasteiger partial charge in [0.2, 0.25) is 5.91 Å². The SMILES string of the molecule is CCCC[C@@H]1CCC[C@@H]1NC(=O)[C@@H](C)OC. The van der Waals surface area contributed by atoms with E-state index in [-0.39, 0.29) is 12.0 Å². The van der Waals surface area contributed by atoms with E-state index < -0.39 is 0 Å². The zero-order valence-corrected chi connectivity index (χ0v) is 10.8. The summed E-state index contributed by atoms with van der Waals surface area (Å²) >= 11 is 0. The predicted octanol–water partition coefficient (Wildman–Crippen LogP) is 2.50. The van der Waals surface area contributed by atoms with Crippen LogP contribution in [-0.2, 0) is 9.53 Å². The number of rotatable bonds is 6. The lowest BCUT2D eigenvalue weighted by Crippen LogP contribution is -2.42. The second kappa shape index (κ2) is 6.89. The van der Waals surface area contributed by atoms with Crippen molar-refractivity contribution in [3.8, 4) is 0 Å². The van der Waals surface area contributed by atoms with Gasteiger partial charge in [-0.25, -0.2) is 0 Å². The maximum atomic E-state index is 11.7. The second-order valence-corrected chi connectivity index (χ2v) is 4.83. The summed E-state index contributed by atoms with van der Waals surface area (Å²) in [5, 5.41) is 3.12. The van der Waals surface area contributed by atoms with Crippen LogP contribution in [0.15, 0.2) is 0 Å². The molecule has 0 heterocycles. The maximum Gasteiger partial charge on any atom is 0.249 e. The molecule has 0 aromatic heterocycles. The number of hydrogen-bond acceptors (Lipinski definition) is 2. The standard InChI is InChI=1S/C13H25NO2/c1-4-5-7-11-8-6-9-12(11)14-13(15)10(2)16-3/h10-12H,4-9H2,1-3H3,(H,14,15)/t10-,11-,12+/m1/s1. The number of unbranched alkanes of at least 4 members (excludes halogenated alkanes) is 1. The Morgan fingerprint density at radius 2 is 2.25 bits per heavy atom. The van der Waals surface area contributed by atoms with Crippen molar-refractivity contribution in [3.05, 3.63) is 0 Å². The van der Waals surface area contributed by atoms with Crippen LogP contribution >= 0.6 is 0 Å². The fraction of sp³-hybridized carbons (Fsp3) is 0.923. The molecule has 3 nitrogen and oxygen atoms in total. The van der Waals surface area contributed by atoms with Gasteiger partial charge in [-0.05, 0) is 32.1 Å². The highest BCUT2D eigenvalue weighted by molar-refractivity contribution is 5.80. The van der Waals surface area contributed by atoms with E-state index >= 15 is 0 Å². The molecule has 1 aliphatic carbocycles. The maximum absolute atomic E-state index is 11.7. The minimum atomic E-state index is -0.326. The Hall–Kier alpha value is -0.570. The topological polar surface area (TPSA) is 38.3 Å². The molecule has 0 radical (unpaired) electrons. The molecule has 0 aromatic rings. The van der Waals surface area contributed by atoms with E-state index in [0.29, 0.717) is 12.0 Å². The number of carbonyl (C=O) groups excluding carboxylic acids is 1. The summed E-state index contributed by atoms with van der Waals surface area (Å²) in [7, 11) is 1.58. The summed E-state index contributed by atoms with van der Waals surface area (Å²) in [5.74, 6) is 0.726. The van der Waals surface area contributed by atoms with E-state index in [2.05, 4.69) is 12.2 Å². The smallest absolute Gasteiger partial charge is 0.249 e. The molecule has 1 aliphatic rings. The Bertz CT molecular complexity index is 218. The first-order valence-corrected chi connectivity index (χ1v) is 6.52. The normalized spacial score (nSPS) is 26.7. The van der Waals surface area contributed by atoms with Crippen molar-refractivity contribution in [2.75, 3.05) is 7.11 Å². The number of nitrogens with one attached hydrogen (secondary N) is 1. The molecule has 1 N–H and O–H groups in total. The fourth-order valence-corrected chi connectivity index (χ4v) is 2.45. The molecule has 1 rings (SSSR count). The molecule has 3 heteroatoms.